The van der Waals surface area contributed by atoms with Crippen molar-refractivity contribution >= 4 is 5.69 Å². The number of imidazole rings is 1. The number of nitrogens with zero attached hydrogens (tertiary/aromatic N) is 1. The Balaban J connectivity index is 1.97. The number of ether oxygens (including phenoxy) is 1. The fourth-order valence-electron chi connectivity index (χ4n) is 1.67. The molecule has 0 aliphatic heterocycles. The van der Waals surface area contributed by atoms with Gasteiger partial charge in [-0.2, -0.15) is 0 Å². The van der Waals surface area contributed by atoms with Crippen LogP contribution < -0.4 is 5.32 Å². The first-order valence-electron chi connectivity index (χ1n) is 5.62. The van der Waals surface area contributed by atoms with Crippen molar-refractivity contribution in [2.75, 3.05) is 12.4 Å². The zero-order chi connectivity index (χ0) is 12.1. The van der Waals surface area contributed by atoms with E-state index >= 15 is 0 Å². The Labute approximate surface area is 101 Å². The first-order chi connectivity index (χ1) is 8.29. The van der Waals surface area contributed by atoms with Gasteiger partial charge in [-0.05, 0) is 19.1 Å². The Hall–Kier alpha value is -1.81. The molecule has 4 nitrogen and oxygen atoms in total. The maximum Gasteiger partial charge on any atom is 0.126 e. The second kappa shape index (κ2) is 5.50. The van der Waals surface area contributed by atoms with Crippen LogP contribution in [-0.4, -0.2) is 17.1 Å². The number of H-pyrrole nitrogens is 1. The molecule has 2 rings (SSSR count). The molecule has 90 valence electrons. The van der Waals surface area contributed by atoms with Crippen LogP contribution in [0.1, 0.15) is 17.2 Å². The van der Waals surface area contributed by atoms with Gasteiger partial charge in [0.05, 0.1) is 18.8 Å². The van der Waals surface area contributed by atoms with Gasteiger partial charge in [-0.3, -0.25) is 0 Å². The fourth-order valence-corrected chi connectivity index (χ4v) is 1.67. The minimum Gasteiger partial charge on any atom is -0.378 e. The van der Waals surface area contributed by atoms with Crippen LogP contribution in [0.5, 0.6) is 0 Å². The molecule has 1 aromatic heterocycles. The molecule has 1 heterocycles. The van der Waals surface area contributed by atoms with Crippen molar-refractivity contribution in [1.29, 1.82) is 0 Å². The molecule has 0 unspecified atom stereocenters. The first-order valence-corrected chi connectivity index (χ1v) is 5.62. The zero-order valence-corrected chi connectivity index (χ0v) is 10.2. The van der Waals surface area contributed by atoms with Crippen molar-refractivity contribution < 1.29 is 4.74 Å². The lowest BCUT2D eigenvalue weighted by atomic mass is 10.3. The molecule has 0 saturated heterocycles. The number of para-hydroxylation sites is 1. The van der Waals surface area contributed by atoms with Crippen LogP contribution in [-0.2, 0) is 17.9 Å². The summed E-state index contributed by atoms with van der Waals surface area (Å²) in [5.74, 6) is 0.929. The van der Waals surface area contributed by atoms with Gasteiger partial charge in [0.25, 0.3) is 0 Å². The third kappa shape index (κ3) is 3.07. The SMILES string of the molecule is COCc1nc(CNc2ccccc2)[nH]c1C. The van der Waals surface area contributed by atoms with Crippen LogP contribution in [0, 0.1) is 6.92 Å². The molecule has 17 heavy (non-hydrogen) atoms. The summed E-state index contributed by atoms with van der Waals surface area (Å²) >= 11 is 0. The number of hydrogen-bond donors (Lipinski definition) is 2. The summed E-state index contributed by atoms with van der Waals surface area (Å²) in [6.07, 6.45) is 0. The van der Waals surface area contributed by atoms with E-state index in [-0.39, 0.29) is 0 Å². The molecular weight excluding hydrogens is 214 g/mol. The largest absolute Gasteiger partial charge is 0.378 e. The van der Waals surface area contributed by atoms with Gasteiger partial charge in [0.2, 0.25) is 0 Å². The molecule has 0 atom stereocenters. The molecule has 2 aromatic rings. The highest BCUT2D eigenvalue weighted by atomic mass is 16.5. The summed E-state index contributed by atoms with van der Waals surface area (Å²) in [6.45, 7) is 3.25. The maximum absolute atomic E-state index is 5.08. The van der Waals surface area contributed by atoms with Gasteiger partial charge >= 0.3 is 0 Å². The van der Waals surface area contributed by atoms with Gasteiger partial charge in [-0.25, -0.2) is 4.98 Å². The summed E-state index contributed by atoms with van der Waals surface area (Å²) < 4.78 is 5.08. The van der Waals surface area contributed by atoms with Gasteiger partial charge in [0.15, 0.2) is 0 Å². The normalized spacial score (nSPS) is 10.5. The summed E-state index contributed by atoms with van der Waals surface area (Å²) in [6, 6.07) is 10.1. The molecular formula is C13H17N3O. The molecule has 0 bridgehead atoms. The number of aryl methyl sites for hydroxylation is 1. The minimum absolute atomic E-state index is 0.549. The van der Waals surface area contributed by atoms with E-state index in [1.807, 2.05) is 37.3 Å². The third-order valence-electron chi connectivity index (χ3n) is 2.55. The van der Waals surface area contributed by atoms with Crippen molar-refractivity contribution in [1.82, 2.24) is 9.97 Å². The van der Waals surface area contributed by atoms with E-state index in [0.717, 1.165) is 22.9 Å². The number of aromatic nitrogens is 2. The molecule has 1 aromatic carbocycles. The molecule has 0 amide bonds. The van der Waals surface area contributed by atoms with E-state index in [2.05, 4.69) is 15.3 Å². The molecule has 0 saturated carbocycles. The van der Waals surface area contributed by atoms with Crippen molar-refractivity contribution in [2.45, 2.75) is 20.1 Å². The predicted molar refractivity (Wildman–Crippen MR) is 67.8 cm³/mol. The number of rotatable bonds is 5. The van der Waals surface area contributed by atoms with E-state index in [1.165, 1.54) is 0 Å². The van der Waals surface area contributed by atoms with E-state index in [1.54, 1.807) is 7.11 Å². The number of nitrogens with one attached hydrogen (secondary N) is 2. The van der Waals surface area contributed by atoms with Crippen molar-refractivity contribution in [3.63, 3.8) is 0 Å². The van der Waals surface area contributed by atoms with Crippen LogP contribution in [0.2, 0.25) is 0 Å². The molecule has 0 fully saturated rings. The lowest BCUT2D eigenvalue weighted by Crippen LogP contribution is -2.01. The van der Waals surface area contributed by atoms with E-state index in [9.17, 15) is 0 Å². The van der Waals surface area contributed by atoms with Gasteiger partial charge < -0.3 is 15.0 Å². The Morgan fingerprint density at radius 2 is 2.06 bits per heavy atom. The standard InChI is InChI=1S/C13H17N3O/c1-10-12(9-17-2)16-13(15-10)8-14-11-6-4-3-5-7-11/h3-7,14H,8-9H2,1-2H3,(H,15,16). The average Bonchev–Trinajstić information content (AvgIpc) is 2.70. The molecule has 2 N–H and O–H groups in total. The summed E-state index contributed by atoms with van der Waals surface area (Å²) in [5, 5.41) is 3.31. The number of aromatic amines is 1. The van der Waals surface area contributed by atoms with E-state index < -0.39 is 0 Å². The van der Waals surface area contributed by atoms with Crippen LogP contribution in [0.15, 0.2) is 30.3 Å². The average molecular weight is 231 g/mol. The lowest BCUT2D eigenvalue weighted by molar-refractivity contribution is 0.181. The topological polar surface area (TPSA) is 49.9 Å². The van der Waals surface area contributed by atoms with Gasteiger partial charge in [0, 0.05) is 18.5 Å². The first kappa shape index (κ1) is 11.7. The van der Waals surface area contributed by atoms with Crippen molar-refractivity contribution in [3.05, 3.63) is 47.5 Å². The Kier molecular flexibility index (Phi) is 3.77. The third-order valence-corrected chi connectivity index (χ3v) is 2.55. The highest BCUT2D eigenvalue weighted by molar-refractivity contribution is 5.42. The molecule has 0 aliphatic rings. The monoisotopic (exact) mass is 231 g/mol. The molecule has 4 heteroatoms. The van der Waals surface area contributed by atoms with Gasteiger partial charge in [0.1, 0.15) is 5.82 Å². The fraction of sp³-hybridized carbons (Fsp3) is 0.308. The number of hydrogen-bond acceptors (Lipinski definition) is 3. The minimum atomic E-state index is 0.549. The molecule has 0 aliphatic carbocycles. The van der Waals surface area contributed by atoms with Crippen LogP contribution in [0.3, 0.4) is 0 Å². The molecule has 0 radical (unpaired) electrons. The van der Waals surface area contributed by atoms with Crippen molar-refractivity contribution in [3.8, 4) is 0 Å². The summed E-state index contributed by atoms with van der Waals surface area (Å²) in [5.41, 5.74) is 3.13. The highest BCUT2D eigenvalue weighted by Crippen LogP contribution is 2.09. The van der Waals surface area contributed by atoms with Crippen molar-refractivity contribution in [2.24, 2.45) is 0 Å². The smallest absolute Gasteiger partial charge is 0.126 e. The highest BCUT2D eigenvalue weighted by Gasteiger charge is 2.05. The number of methoxy groups -OCH3 is 1. The Bertz CT molecular complexity index is 465. The van der Waals surface area contributed by atoms with E-state index in [4.69, 9.17) is 4.74 Å². The lowest BCUT2D eigenvalue weighted by Gasteiger charge is -2.02. The van der Waals surface area contributed by atoms with Gasteiger partial charge in [-0.1, -0.05) is 18.2 Å². The zero-order valence-electron chi connectivity index (χ0n) is 10.2. The maximum atomic E-state index is 5.08. The second-order valence-corrected chi connectivity index (χ2v) is 3.91. The van der Waals surface area contributed by atoms with Crippen LogP contribution in [0.25, 0.3) is 0 Å². The number of anilines is 1. The quantitative estimate of drug-likeness (QED) is 0.831. The Morgan fingerprint density at radius 1 is 1.29 bits per heavy atom. The Morgan fingerprint density at radius 3 is 2.76 bits per heavy atom. The van der Waals surface area contributed by atoms with Crippen LogP contribution in [0.4, 0.5) is 5.69 Å². The number of benzene rings is 1. The molecule has 0 spiro atoms. The summed E-state index contributed by atoms with van der Waals surface area (Å²) in [4.78, 5) is 7.72. The predicted octanol–water partition coefficient (Wildman–Crippen LogP) is 2.48. The summed E-state index contributed by atoms with van der Waals surface area (Å²) in [7, 11) is 1.68. The van der Waals surface area contributed by atoms with Gasteiger partial charge in [-0.15, -0.1) is 0 Å². The van der Waals surface area contributed by atoms with Crippen LogP contribution >= 0.6 is 0 Å². The second-order valence-electron chi connectivity index (χ2n) is 3.91. The van der Waals surface area contributed by atoms with E-state index in [0.29, 0.717) is 13.2 Å².